The van der Waals surface area contributed by atoms with Crippen molar-refractivity contribution in [3.05, 3.63) is 47.5 Å². The van der Waals surface area contributed by atoms with Crippen LogP contribution in [0.25, 0.3) is 11.1 Å². The van der Waals surface area contributed by atoms with Gasteiger partial charge < -0.3 is 31.1 Å². The molecule has 6 rings (SSSR count). The third-order valence-electron chi connectivity index (χ3n) is 11.4. The van der Waals surface area contributed by atoms with E-state index in [-0.39, 0.29) is 18.5 Å². The highest BCUT2D eigenvalue weighted by atomic mass is 16.7. The summed E-state index contributed by atoms with van der Waals surface area (Å²) >= 11 is 0. The minimum Gasteiger partial charge on any atom is -0.496 e. The SMILES string of the molecule is COc1c(CN2O[C@@H](CN)[C@@H]([C@H](C)O)[C@H]2C(=O)N[C@H]2C[C@@H]3C[C@H]([C@@H]2C)C3(C)C)cccc1-c1cc(CNCC(C)C)cc(N(C)C)c1. The number of hydroxylamine groups is 2. The van der Waals surface area contributed by atoms with Crippen molar-refractivity contribution in [3.63, 3.8) is 0 Å². The number of carbonyl (C=O) groups is 1. The van der Waals surface area contributed by atoms with Gasteiger partial charge in [-0.05, 0) is 84.7 Å². The van der Waals surface area contributed by atoms with Crippen LogP contribution in [0.2, 0.25) is 0 Å². The molecule has 3 saturated carbocycles. The van der Waals surface area contributed by atoms with Crippen LogP contribution in [0.1, 0.15) is 65.5 Å². The first kappa shape index (κ1) is 35.6. The lowest BCUT2D eigenvalue weighted by Gasteiger charge is -2.62. The highest BCUT2D eigenvalue weighted by Gasteiger charge is 2.57. The zero-order valence-electron chi connectivity index (χ0n) is 30.0. The molecule has 0 unspecified atom stereocenters. The number of carbonyl (C=O) groups excluding carboxylic acids is 1. The average Bonchev–Trinajstić information content (AvgIpc) is 3.40. The molecule has 0 radical (unpaired) electrons. The summed E-state index contributed by atoms with van der Waals surface area (Å²) in [6, 6.07) is 12.2. The van der Waals surface area contributed by atoms with Gasteiger partial charge in [0.1, 0.15) is 11.8 Å². The molecule has 2 aromatic carbocycles. The molecule has 47 heavy (non-hydrogen) atoms. The molecule has 1 aliphatic heterocycles. The van der Waals surface area contributed by atoms with E-state index in [4.69, 9.17) is 15.3 Å². The molecule has 9 heteroatoms. The monoisotopic (exact) mass is 649 g/mol. The van der Waals surface area contributed by atoms with Crippen LogP contribution in [0.5, 0.6) is 5.75 Å². The number of ether oxygens (including phenoxy) is 1. The van der Waals surface area contributed by atoms with E-state index < -0.39 is 24.2 Å². The number of aliphatic hydroxyl groups excluding tert-OH is 1. The molecular formula is C38H59N5O4. The van der Waals surface area contributed by atoms with Crippen molar-refractivity contribution < 1.29 is 19.5 Å². The number of hydrogen-bond acceptors (Lipinski definition) is 8. The lowest BCUT2D eigenvalue weighted by atomic mass is 9.45. The molecule has 2 aromatic rings. The first-order valence-electron chi connectivity index (χ1n) is 17.6. The molecule has 4 fully saturated rings. The minimum absolute atomic E-state index is 0.102. The quantitative estimate of drug-likeness (QED) is 0.245. The highest BCUT2D eigenvalue weighted by molar-refractivity contribution is 5.83. The number of fused-ring (bicyclic) bond motifs is 2. The van der Waals surface area contributed by atoms with E-state index in [1.165, 1.54) is 12.0 Å². The molecule has 9 nitrogen and oxygen atoms in total. The van der Waals surface area contributed by atoms with Crippen LogP contribution in [-0.2, 0) is 22.7 Å². The fourth-order valence-electron chi connectivity index (χ4n) is 8.57. The molecule has 0 spiro atoms. The number of aliphatic hydroxyl groups is 1. The second-order valence-corrected chi connectivity index (χ2v) is 15.6. The van der Waals surface area contributed by atoms with E-state index in [1.54, 1.807) is 19.1 Å². The molecule has 4 aliphatic rings. The predicted octanol–water partition coefficient (Wildman–Crippen LogP) is 4.80. The second-order valence-electron chi connectivity index (χ2n) is 15.6. The van der Waals surface area contributed by atoms with Gasteiger partial charge in [0.15, 0.2) is 0 Å². The van der Waals surface area contributed by atoms with Crippen molar-refractivity contribution in [2.75, 3.05) is 39.2 Å². The maximum atomic E-state index is 14.2. The number of methoxy groups -OCH3 is 1. The molecule has 2 bridgehead atoms. The van der Waals surface area contributed by atoms with Gasteiger partial charge in [-0.1, -0.05) is 52.8 Å². The van der Waals surface area contributed by atoms with Crippen LogP contribution >= 0.6 is 0 Å². The Balaban J connectivity index is 1.43. The van der Waals surface area contributed by atoms with Gasteiger partial charge in [0.2, 0.25) is 5.91 Å². The fourth-order valence-corrected chi connectivity index (χ4v) is 8.57. The molecule has 1 heterocycles. The first-order chi connectivity index (χ1) is 22.3. The Kier molecular flexibility index (Phi) is 10.9. The number of nitrogens with one attached hydrogen (secondary N) is 2. The van der Waals surface area contributed by atoms with Crippen molar-refractivity contribution in [1.29, 1.82) is 0 Å². The molecule has 1 saturated heterocycles. The second kappa shape index (κ2) is 14.4. The number of hydrogen-bond donors (Lipinski definition) is 4. The number of anilines is 1. The number of rotatable bonds is 13. The average molecular weight is 650 g/mol. The standard InChI is InChI=1S/C38H59N5O4/c1-22(2)19-40-20-25-13-27(15-29(14-25)42(7)8)30-12-10-11-26(36(30)46-9)21-43-35(34(24(4)44)33(18-39)47-43)37(45)41-32-17-28-16-31(23(32)3)38(28,5)6/h10-15,22-24,28,31-35,40,44H,16-21,39H2,1-9H3,(H,41,45)/t23-,24-,28-,31+,32-,33-,34+,35-/m0/s1. The van der Waals surface area contributed by atoms with Crippen molar-refractivity contribution in [2.45, 2.75) is 91.8 Å². The van der Waals surface area contributed by atoms with E-state index in [0.717, 1.165) is 47.6 Å². The Morgan fingerprint density at radius 3 is 2.53 bits per heavy atom. The Labute approximate surface area is 282 Å². The number of nitrogens with zero attached hydrogens (tertiary/aromatic N) is 2. The Hall–Kier alpha value is -2.69. The van der Waals surface area contributed by atoms with Gasteiger partial charge in [0.25, 0.3) is 0 Å². The van der Waals surface area contributed by atoms with E-state index in [2.05, 4.69) is 88.5 Å². The lowest BCUT2D eigenvalue weighted by molar-refractivity contribution is -0.175. The molecule has 1 amide bonds. The van der Waals surface area contributed by atoms with Crippen LogP contribution in [-0.4, -0.2) is 74.7 Å². The minimum atomic E-state index is -0.773. The molecule has 8 atom stereocenters. The summed E-state index contributed by atoms with van der Waals surface area (Å²) in [5, 5.41) is 19.7. The molecule has 3 aliphatic carbocycles. The molecule has 0 aromatic heterocycles. The van der Waals surface area contributed by atoms with Crippen molar-refractivity contribution in [1.82, 2.24) is 15.7 Å². The van der Waals surface area contributed by atoms with Gasteiger partial charge >= 0.3 is 0 Å². The van der Waals surface area contributed by atoms with Gasteiger partial charge in [-0.3, -0.25) is 9.63 Å². The predicted molar refractivity (Wildman–Crippen MR) is 189 cm³/mol. The van der Waals surface area contributed by atoms with E-state index >= 15 is 0 Å². The van der Waals surface area contributed by atoms with Crippen molar-refractivity contribution >= 4 is 11.6 Å². The number of benzene rings is 2. The summed E-state index contributed by atoms with van der Waals surface area (Å²) in [5.41, 5.74) is 11.7. The largest absolute Gasteiger partial charge is 0.496 e. The van der Waals surface area contributed by atoms with Crippen LogP contribution < -0.4 is 26.0 Å². The van der Waals surface area contributed by atoms with Gasteiger partial charge in [-0.15, -0.1) is 0 Å². The Bertz CT molecular complexity index is 1390. The van der Waals surface area contributed by atoms with Crippen molar-refractivity contribution in [2.24, 2.45) is 40.7 Å². The summed E-state index contributed by atoms with van der Waals surface area (Å²) in [6.07, 6.45) is 0.980. The Morgan fingerprint density at radius 2 is 1.94 bits per heavy atom. The van der Waals surface area contributed by atoms with Gasteiger partial charge in [-0.2, -0.15) is 5.06 Å². The summed E-state index contributed by atoms with van der Waals surface area (Å²) in [4.78, 5) is 22.7. The van der Waals surface area contributed by atoms with Crippen LogP contribution in [0, 0.1) is 35.0 Å². The maximum absolute atomic E-state index is 14.2. The molecule has 5 N–H and O–H groups in total. The third kappa shape index (κ3) is 7.20. The summed E-state index contributed by atoms with van der Waals surface area (Å²) in [5.74, 6) is 2.37. The Morgan fingerprint density at radius 1 is 1.19 bits per heavy atom. The topological polar surface area (TPSA) is 112 Å². The van der Waals surface area contributed by atoms with E-state index in [9.17, 15) is 9.90 Å². The zero-order chi connectivity index (χ0) is 34.2. The van der Waals surface area contributed by atoms with Gasteiger partial charge in [-0.25, -0.2) is 0 Å². The normalized spacial score (nSPS) is 29.0. The molecular weight excluding hydrogens is 590 g/mol. The van der Waals surface area contributed by atoms with Gasteiger partial charge in [0, 0.05) is 56.0 Å². The lowest BCUT2D eigenvalue weighted by Crippen LogP contribution is -2.62. The number of para-hydroxylation sites is 1. The maximum Gasteiger partial charge on any atom is 0.240 e. The van der Waals surface area contributed by atoms with E-state index in [1.807, 2.05) is 12.1 Å². The summed E-state index contributed by atoms with van der Waals surface area (Å²) < 4.78 is 6.10. The first-order valence-corrected chi connectivity index (χ1v) is 17.6. The summed E-state index contributed by atoms with van der Waals surface area (Å²) in [7, 11) is 5.80. The van der Waals surface area contributed by atoms with E-state index in [0.29, 0.717) is 35.6 Å². The van der Waals surface area contributed by atoms with Crippen LogP contribution in [0.15, 0.2) is 36.4 Å². The number of nitrogens with two attached hydrogens (primary N) is 1. The highest BCUT2D eigenvalue weighted by Crippen LogP contribution is 2.61. The zero-order valence-corrected chi connectivity index (χ0v) is 30.0. The third-order valence-corrected chi connectivity index (χ3v) is 11.4. The van der Waals surface area contributed by atoms with Crippen LogP contribution in [0.4, 0.5) is 5.69 Å². The number of amides is 1. The van der Waals surface area contributed by atoms with Crippen molar-refractivity contribution in [3.8, 4) is 16.9 Å². The summed E-state index contributed by atoms with van der Waals surface area (Å²) in [6.45, 7) is 15.4. The van der Waals surface area contributed by atoms with Gasteiger partial charge in [0.05, 0.1) is 25.9 Å². The van der Waals surface area contributed by atoms with Crippen LogP contribution in [0.3, 0.4) is 0 Å². The molecule has 260 valence electrons. The smallest absolute Gasteiger partial charge is 0.240 e. The fraction of sp³-hybridized carbons (Fsp3) is 0.658.